The van der Waals surface area contributed by atoms with Crippen LogP contribution >= 0.6 is 0 Å². The molecule has 0 saturated heterocycles. The van der Waals surface area contributed by atoms with Gasteiger partial charge in [0.05, 0.1) is 11.7 Å². The third-order valence-electron chi connectivity index (χ3n) is 3.94. The molecule has 0 amide bonds. The molecule has 1 saturated carbocycles. The third-order valence-corrected chi connectivity index (χ3v) is 3.94. The zero-order valence-electron chi connectivity index (χ0n) is 10.9. The Kier molecular flexibility index (Phi) is 4.53. The summed E-state index contributed by atoms with van der Waals surface area (Å²) in [4.78, 5) is 0. The minimum Gasteiger partial charge on any atom is -0.390 e. The Morgan fingerprint density at radius 2 is 1.53 bits per heavy atom. The van der Waals surface area contributed by atoms with Crippen LogP contribution in [0.25, 0.3) is 0 Å². The van der Waals surface area contributed by atoms with Crippen LogP contribution in [0.1, 0.15) is 44.1 Å². The van der Waals surface area contributed by atoms with E-state index in [1.165, 1.54) is 12.1 Å². The molecule has 1 unspecified atom stereocenters. The van der Waals surface area contributed by atoms with Crippen molar-refractivity contribution in [2.24, 2.45) is 0 Å². The second-order valence-electron chi connectivity index (χ2n) is 5.52. The normalized spacial score (nSPS) is 20.8. The molecule has 0 radical (unpaired) electrons. The molecule has 0 bridgehead atoms. The molecular weight excluding hydrogens is 250 g/mol. The lowest BCUT2D eigenvalue weighted by Gasteiger charge is -2.32. The molecule has 2 rings (SSSR count). The lowest BCUT2D eigenvalue weighted by Crippen LogP contribution is -2.43. The van der Waals surface area contributed by atoms with E-state index in [0.717, 1.165) is 31.7 Å². The van der Waals surface area contributed by atoms with Gasteiger partial charge in [-0.25, -0.2) is 8.78 Å². The SMILES string of the molecule is OC(Cc1cc(F)cc(F)c1)C1(O)CCCCCC1. The van der Waals surface area contributed by atoms with Gasteiger partial charge in [-0.3, -0.25) is 0 Å². The number of halogens is 2. The summed E-state index contributed by atoms with van der Waals surface area (Å²) < 4.78 is 26.2. The number of aliphatic hydroxyl groups excluding tert-OH is 1. The van der Waals surface area contributed by atoms with E-state index in [1.54, 1.807) is 0 Å². The first kappa shape index (κ1) is 14.4. The largest absolute Gasteiger partial charge is 0.390 e. The fourth-order valence-corrected chi connectivity index (χ4v) is 2.82. The van der Waals surface area contributed by atoms with Gasteiger partial charge in [0.15, 0.2) is 0 Å². The molecule has 0 spiro atoms. The maximum absolute atomic E-state index is 13.1. The van der Waals surface area contributed by atoms with Gasteiger partial charge in [-0.2, -0.15) is 0 Å². The van der Waals surface area contributed by atoms with Crippen LogP contribution in [0.5, 0.6) is 0 Å². The summed E-state index contributed by atoms with van der Waals surface area (Å²) >= 11 is 0. The molecule has 1 aliphatic rings. The van der Waals surface area contributed by atoms with Crippen molar-refractivity contribution >= 4 is 0 Å². The highest BCUT2D eigenvalue weighted by Crippen LogP contribution is 2.31. The minimum absolute atomic E-state index is 0.0746. The topological polar surface area (TPSA) is 40.5 Å². The molecular formula is C15H20F2O2. The molecule has 1 fully saturated rings. The van der Waals surface area contributed by atoms with Crippen molar-refractivity contribution in [3.63, 3.8) is 0 Å². The molecule has 2 N–H and O–H groups in total. The maximum Gasteiger partial charge on any atom is 0.126 e. The third kappa shape index (κ3) is 3.74. The van der Waals surface area contributed by atoms with Gasteiger partial charge in [0.1, 0.15) is 11.6 Å². The van der Waals surface area contributed by atoms with E-state index >= 15 is 0 Å². The van der Waals surface area contributed by atoms with E-state index in [4.69, 9.17) is 0 Å². The van der Waals surface area contributed by atoms with Gasteiger partial charge in [0.25, 0.3) is 0 Å². The zero-order valence-corrected chi connectivity index (χ0v) is 10.9. The van der Waals surface area contributed by atoms with Crippen molar-refractivity contribution in [3.05, 3.63) is 35.4 Å². The molecule has 1 aliphatic carbocycles. The van der Waals surface area contributed by atoms with E-state index < -0.39 is 23.3 Å². The molecule has 1 aromatic rings. The van der Waals surface area contributed by atoms with E-state index in [-0.39, 0.29) is 6.42 Å². The van der Waals surface area contributed by atoms with Crippen LogP contribution in [0.15, 0.2) is 18.2 Å². The highest BCUT2D eigenvalue weighted by atomic mass is 19.1. The fourth-order valence-electron chi connectivity index (χ4n) is 2.82. The van der Waals surface area contributed by atoms with Crippen LogP contribution in [-0.4, -0.2) is 21.9 Å². The Hall–Kier alpha value is -1.00. The molecule has 19 heavy (non-hydrogen) atoms. The molecule has 0 aromatic heterocycles. The molecule has 2 nitrogen and oxygen atoms in total. The first-order valence-corrected chi connectivity index (χ1v) is 6.85. The summed E-state index contributed by atoms with van der Waals surface area (Å²) in [6.07, 6.45) is 4.07. The number of hydrogen-bond donors (Lipinski definition) is 2. The summed E-state index contributed by atoms with van der Waals surface area (Å²) in [6.45, 7) is 0. The van der Waals surface area contributed by atoms with Crippen LogP contribution in [-0.2, 0) is 6.42 Å². The smallest absolute Gasteiger partial charge is 0.126 e. The van der Waals surface area contributed by atoms with Gasteiger partial charge in [-0.05, 0) is 30.5 Å². The predicted molar refractivity (Wildman–Crippen MR) is 68.7 cm³/mol. The Balaban J connectivity index is 2.08. The van der Waals surface area contributed by atoms with E-state index in [2.05, 4.69) is 0 Å². The van der Waals surface area contributed by atoms with Crippen LogP contribution in [0.2, 0.25) is 0 Å². The standard InChI is InChI=1S/C15H20F2O2/c16-12-7-11(8-13(17)10-12)9-14(18)15(19)5-3-1-2-4-6-15/h7-8,10,14,18-19H,1-6,9H2. The fraction of sp³-hybridized carbons (Fsp3) is 0.600. The second kappa shape index (κ2) is 5.97. The van der Waals surface area contributed by atoms with Gasteiger partial charge in [-0.1, -0.05) is 25.7 Å². The predicted octanol–water partition coefficient (Wildman–Crippen LogP) is 2.95. The van der Waals surface area contributed by atoms with Gasteiger partial charge in [0, 0.05) is 12.5 Å². The van der Waals surface area contributed by atoms with Crippen LogP contribution in [0.4, 0.5) is 8.78 Å². The van der Waals surface area contributed by atoms with Crippen molar-refractivity contribution in [1.82, 2.24) is 0 Å². The molecule has 0 aliphatic heterocycles. The minimum atomic E-state index is -1.13. The first-order chi connectivity index (χ1) is 8.99. The highest BCUT2D eigenvalue weighted by Gasteiger charge is 2.35. The second-order valence-corrected chi connectivity index (χ2v) is 5.52. The number of rotatable bonds is 3. The van der Waals surface area contributed by atoms with Crippen molar-refractivity contribution in [3.8, 4) is 0 Å². The Morgan fingerprint density at radius 1 is 1.00 bits per heavy atom. The monoisotopic (exact) mass is 270 g/mol. The number of benzene rings is 1. The highest BCUT2D eigenvalue weighted by molar-refractivity contribution is 5.19. The first-order valence-electron chi connectivity index (χ1n) is 6.85. The van der Waals surface area contributed by atoms with Crippen LogP contribution in [0, 0.1) is 11.6 Å². The molecule has 106 valence electrons. The van der Waals surface area contributed by atoms with Gasteiger partial charge < -0.3 is 10.2 Å². The van der Waals surface area contributed by atoms with Crippen LogP contribution < -0.4 is 0 Å². The Morgan fingerprint density at radius 3 is 2.05 bits per heavy atom. The molecule has 1 atom stereocenters. The van der Waals surface area contributed by atoms with Crippen molar-refractivity contribution < 1.29 is 19.0 Å². The van der Waals surface area contributed by atoms with E-state index in [0.29, 0.717) is 18.4 Å². The van der Waals surface area contributed by atoms with E-state index in [1.807, 2.05) is 0 Å². The van der Waals surface area contributed by atoms with Gasteiger partial charge >= 0.3 is 0 Å². The summed E-state index contributed by atoms with van der Waals surface area (Å²) in [5, 5.41) is 20.7. The molecule has 0 heterocycles. The average molecular weight is 270 g/mol. The van der Waals surface area contributed by atoms with Crippen molar-refractivity contribution in [1.29, 1.82) is 0 Å². The molecule has 4 heteroatoms. The van der Waals surface area contributed by atoms with Gasteiger partial charge in [-0.15, -0.1) is 0 Å². The molecule has 1 aromatic carbocycles. The van der Waals surface area contributed by atoms with Gasteiger partial charge in [0.2, 0.25) is 0 Å². The zero-order chi connectivity index (χ0) is 13.9. The summed E-state index contributed by atoms with van der Waals surface area (Å²) in [5.74, 6) is -1.31. The Labute approximate surface area is 112 Å². The van der Waals surface area contributed by atoms with Crippen molar-refractivity contribution in [2.75, 3.05) is 0 Å². The quantitative estimate of drug-likeness (QED) is 0.829. The lowest BCUT2D eigenvalue weighted by atomic mass is 9.85. The van der Waals surface area contributed by atoms with Crippen LogP contribution in [0.3, 0.4) is 0 Å². The summed E-state index contributed by atoms with van der Waals surface area (Å²) in [5.41, 5.74) is -0.748. The Bertz CT molecular complexity index is 406. The number of aliphatic hydroxyl groups is 2. The van der Waals surface area contributed by atoms with Crippen molar-refractivity contribution in [2.45, 2.75) is 56.7 Å². The average Bonchev–Trinajstić information content (AvgIpc) is 2.53. The maximum atomic E-state index is 13.1. The van der Waals surface area contributed by atoms with E-state index in [9.17, 15) is 19.0 Å². The summed E-state index contributed by atoms with van der Waals surface area (Å²) in [6, 6.07) is 3.20. The number of hydrogen-bond acceptors (Lipinski definition) is 2. The summed E-state index contributed by atoms with van der Waals surface area (Å²) in [7, 11) is 0. The lowest BCUT2D eigenvalue weighted by molar-refractivity contribution is -0.0836.